The molecule has 0 atom stereocenters. The van der Waals surface area contributed by atoms with Gasteiger partial charge in [0, 0.05) is 11.3 Å². The van der Waals surface area contributed by atoms with Crippen LogP contribution < -0.4 is 4.74 Å². The first-order valence-electron chi connectivity index (χ1n) is 7.97. The first kappa shape index (κ1) is 18.5. The molecule has 3 aromatic rings. The smallest absolute Gasteiger partial charge is 0.276 e. The Labute approximate surface area is 156 Å². The van der Waals surface area contributed by atoms with Crippen LogP contribution >= 0.6 is 11.8 Å². The molecule has 0 bridgehead atoms. The number of thioether (sulfide) groups is 1. The number of nitrogens with zero attached hydrogens (tertiary/aromatic N) is 2. The molecule has 0 unspecified atom stereocenters. The minimum atomic E-state index is -3.25. The minimum absolute atomic E-state index is 0.0868. The average molecular weight is 390 g/mol. The van der Waals surface area contributed by atoms with Crippen LogP contribution in [0.2, 0.25) is 0 Å². The summed E-state index contributed by atoms with van der Waals surface area (Å²) >= 11 is 1.35. The van der Waals surface area contributed by atoms with Crippen LogP contribution in [0.5, 0.6) is 5.75 Å². The van der Waals surface area contributed by atoms with Gasteiger partial charge in [-0.2, -0.15) is 0 Å². The third-order valence-electron chi connectivity index (χ3n) is 3.63. The van der Waals surface area contributed by atoms with Gasteiger partial charge in [-0.1, -0.05) is 30.0 Å². The summed E-state index contributed by atoms with van der Waals surface area (Å²) in [6.07, 6.45) is 0.502. The second-order valence-corrected chi connectivity index (χ2v) is 8.59. The van der Waals surface area contributed by atoms with Crippen molar-refractivity contribution in [3.63, 3.8) is 0 Å². The number of sulfone groups is 1. The fourth-order valence-corrected chi connectivity index (χ4v) is 4.49. The molecule has 26 heavy (non-hydrogen) atoms. The molecule has 0 aliphatic rings. The van der Waals surface area contributed by atoms with Gasteiger partial charge in [0.05, 0.1) is 17.8 Å². The Morgan fingerprint density at radius 3 is 2.46 bits per heavy atom. The fraction of sp³-hybridized carbons (Fsp3) is 0.222. The van der Waals surface area contributed by atoms with Crippen LogP contribution in [0.25, 0.3) is 11.5 Å². The van der Waals surface area contributed by atoms with Crippen LogP contribution in [0.3, 0.4) is 0 Å². The van der Waals surface area contributed by atoms with Crippen molar-refractivity contribution in [1.29, 1.82) is 0 Å². The van der Waals surface area contributed by atoms with Crippen LogP contribution in [-0.2, 0) is 9.84 Å². The lowest BCUT2D eigenvalue weighted by Crippen LogP contribution is -2.07. The lowest BCUT2D eigenvalue weighted by Gasteiger charge is -2.03. The fourth-order valence-electron chi connectivity index (χ4n) is 2.27. The molecular weight excluding hydrogens is 372 g/mol. The van der Waals surface area contributed by atoms with E-state index in [-0.39, 0.29) is 5.75 Å². The first-order chi connectivity index (χ1) is 12.6. The van der Waals surface area contributed by atoms with Gasteiger partial charge in [-0.15, -0.1) is 10.2 Å². The van der Waals surface area contributed by atoms with Gasteiger partial charge in [0.1, 0.15) is 5.75 Å². The SMILES string of the molecule is COc1ccc(-c2nnc(SCCCS(=O)(=O)c3ccccc3)o2)cc1. The van der Waals surface area contributed by atoms with Crippen LogP contribution in [-0.4, -0.2) is 37.2 Å². The minimum Gasteiger partial charge on any atom is -0.497 e. The molecular formula is C18H18N2O4S2. The van der Waals surface area contributed by atoms with E-state index >= 15 is 0 Å². The third kappa shape index (κ3) is 4.64. The molecule has 1 aromatic heterocycles. The number of benzene rings is 2. The standard InChI is InChI=1S/C18H18N2O4S2/c1-23-15-10-8-14(9-11-15)17-19-20-18(24-17)25-12-5-13-26(21,22)16-6-3-2-4-7-16/h2-4,6-11H,5,12-13H2,1H3. The molecule has 0 aliphatic heterocycles. The van der Waals surface area contributed by atoms with E-state index in [1.165, 1.54) is 11.8 Å². The molecule has 0 fully saturated rings. The average Bonchev–Trinajstić information content (AvgIpc) is 3.15. The van der Waals surface area contributed by atoms with Crippen molar-refractivity contribution in [1.82, 2.24) is 10.2 Å². The van der Waals surface area contributed by atoms with E-state index in [0.717, 1.165) is 11.3 Å². The van der Waals surface area contributed by atoms with Gasteiger partial charge in [-0.25, -0.2) is 8.42 Å². The monoisotopic (exact) mass is 390 g/mol. The molecule has 0 saturated carbocycles. The molecule has 1 heterocycles. The van der Waals surface area contributed by atoms with Crippen molar-refractivity contribution in [2.24, 2.45) is 0 Å². The number of aromatic nitrogens is 2. The Bertz CT molecular complexity index is 939. The summed E-state index contributed by atoms with van der Waals surface area (Å²) in [5.41, 5.74) is 0.803. The topological polar surface area (TPSA) is 82.3 Å². The summed E-state index contributed by atoms with van der Waals surface area (Å²) in [5.74, 6) is 1.84. The zero-order chi connectivity index (χ0) is 18.4. The lowest BCUT2D eigenvalue weighted by atomic mass is 10.2. The number of hydrogen-bond acceptors (Lipinski definition) is 7. The Hall–Kier alpha value is -2.32. The first-order valence-corrected chi connectivity index (χ1v) is 10.6. The van der Waals surface area contributed by atoms with Gasteiger partial charge < -0.3 is 9.15 Å². The molecule has 0 saturated heterocycles. The predicted molar refractivity (Wildman–Crippen MR) is 100 cm³/mol. The van der Waals surface area contributed by atoms with Crippen LogP contribution in [0.15, 0.2) is 69.1 Å². The quantitative estimate of drug-likeness (QED) is 0.428. The second-order valence-electron chi connectivity index (χ2n) is 5.44. The molecule has 0 spiro atoms. The highest BCUT2D eigenvalue weighted by Crippen LogP contribution is 2.25. The number of hydrogen-bond donors (Lipinski definition) is 0. The van der Waals surface area contributed by atoms with E-state index in [2.05, 4.69) is 10.2 Å². The Kier molecular flexibility index (Phi) is 5.95. The molecule has 8 heteroatoms. The van der Waals surface area contributed by atoms with E-state index in [1.54, 1.807) is 37.4 Å². The van der Waals surface area contributed by atoms with Crippen molar-refractivity contribution >= 4 is 21.6 Å². The van der Waals surface area contributed by atoms with E-state index in [4.69, 9.17) is 9.15 Å². The van der Waals surface area contributed by atoms with Gasteiger partial charge in [-0.3, -0.25) is 0 Å². The molecule has 0 radical (unpaired) electrons. The molecule has 0 amide bonds. The van der Waals surface area contributed by atoms with Gasteiger partial charge in [0.2, 0.25) is 5.89 Å². The summed E-state index contributed by atoms with van der Waals surface area (Å²) < 4.78 is 35.2. The maximum atomic E-state index is 12.2. The van der Waals surface area contributed by atoms with E-state index in [9.17, 15) is 8.42 Å². The summed E-state index contributed by atoms with van der Waals surface area (Å²) in [6, 6.07) is 15.8. The molecule has 0 N–H and O–H groups in total. The molecule has 6 nitrogen and oxygen atoms in total. The van der Waals surface area contributed by atoms with Gasteiger partial charge in [0.25, 0.3) is 5.22 Å². The number of ether oxygens (including phenoxy) is 1. The van der Waals surface area contributed by atoms with Crippen molar-refractivity contribution in [2.75, 3.05) is 18.6 Å². The summed E-state index contributed by atoms with van der Waals surface area (Å²) in [4.78, 5) is 0.351. The lowest BCUT2D eigenvalue weighted by molar-refractivity contribution is 0.414. The zero-order valence-corrected chi connectivity index (χ0v) is 15.8. The third-order valence-corrected chi connectivity index (χ3v) is 6.35. The van der Waals surface area contributed by atoms with Crippen molar-refractivity contribution < 1.29 is 17.6 Å². The van der Waals surface area contributed by atoms with Crippen molar-refractivity contribution in [3.05, 3.63) is 54.6 Å². The zero-order valence-electron chi connectivity index (χ0n) is 14.2. The van der Waals surface area contributed by atoms with E-state index in [1.807, 2.05) is 24.3 Å². The summed E-state index contributed by atoms with van der Waals surface area (Å²) in [6.45, 7) is 0. The second kappa shape index (κ2) is 8.37. The molecule has 3 rings (SSSR count). The highest BCUT2D eigenvalue weighted by atomic mass is 32.2. The maximum Gasteiger partial charge on any atom is 0.276 e. The summed E-state index contributed by atoms with van der Waals surface area (Å²) in [5, 5.41) is 8.44. The highest BCUT2D eigenvalue weighted by Gasteiger charge is 2.14. The molecule has 2 aromatic carbocycles. The predicted octanol–water partition coefficient (Wildman–Crippen LogP) is 3.70. The van der Waals surface area contributed by atoms with Gasteiger partial charge >= 0.3 is 0 Å². The molecule has 136 valence electrons. The Morgan fingerprint density at radius 1 is 1.04 bits per heavy atom. The Balaban J connectivity index is 1.52. The van der Waals surface area contributed by atoms with Crippen molar-refractivity contribution in [3.8, 4) is 17.2 Å². The van der Waals surface area contributed by atoms with Gasteiger partial charge in [0.15, 0.2) is 9.84 Å². The van der Waals surface area contributed by atoms with Gasteiger partial charge in [-0.05, 0) is 42.8 Å². The maximum absolute atomic E-state index is 12.2. The normalized spacial score (nSPS) is 11.4. The van der Waals surface area contributed by atoms with E-state index < -0.39 is 9.84 Å². The van der Waals surface area contributed by atoms with Crippen LogP contribution in [0.4, 0.5) is 0 Å². The van der Waals surface area contributed by atoms with E-state index in [0.29, 0.717) is 28.2 Å². The summed E-state index contributed by atoms with van der Waals surface area (Å²) in [7, 11) is -1.65. The van der Waals surface area contributed by atoms with Crippen LogP contribution in [0.1, 0.15) is 6.42 Å². The number of methoxy groups -OCH3 is 1. The van der Waals surface area contributed by atoms with Crippen molar-refractivity contribution in [2.45, 2.75) is 16.5 Å². The Morgan fingerprint density at radius 2 is 1.77 bits per heavy atom. The van der Waals surface area contributed by atoms with Crippen LogP contribution in [0, 0.1) is 0 Å². The number of rotatable bonds is 8. The largest absolute Gasteiger partial charge is 0.497 e. The highest BCUT2D eigenvalue weighted by molar-refractivity contribution is 7.99. The molecule has 0 aliphatic carbocycles.